The molecular formula is C15H22N2O. The van der Waals surface area contributed by atoms with Gasteiger partial charge in [0.2, 0.25) is 0 Å². The van der Waals surface area contributed by atoms with Crippen molar-refractivity contribution in [2.75, 3.05) is 0 Å². The molecule has 1 aromatic rings. The zero-order valence-corrected chi connectivity index (χ0v) is 11.4. The molecule has 2 aliphatic rings. The SMILES string of the molecule is CCc1cc(CC(=O)C2CC3CC3C2)n(CC)n1. The average Bonchev–Trinajstić information content (AvgIpc) is 2.83. The van der Waals surface area contributed by atoms with Crippen LogP contribution in [0.15, 0.2) is 6.07 Å². The van der Waals surface area contributed by atoms with Crippen LogP contribution in [-0.4, -0.2) is 15.6 Å². The molecule has 18 heavy (non-hydrogen) atoms. The smallest absolute Gasteiger partial charge is 0.141 e. The molecule has 0 radical (unpaired) electrons. The van der Waals surface area contributed by atoms with Crippen LogP contribution < -0.4 is 0 Å². The summed E-state index contributed by atoms with van der Waals surface area (Å²) in [4.78, 5) is 12.3. The van der Waals surface area contributed by atoms with Gasteiger partial charge in [-0.05, 0) is 50.5 Å². The van der Waals surface area contributed by atoms with E-state index < -0.39 is 0 Å². The van der Waals surface area contributed by atoms with Gasteiger partial charge in [-0.2, -0.15) is 5.10 Å². The van der Waals surface area contributed by atoms with E-state index in [-0.39, 0.29) is 0 Å². The Morgan fingerprint density at radius 2 is 2.06 bits per heavy atom. The van der Waals surface area contributed by atoms with Gasteiger partial charge in [-0.15, -0.1) is 0 Å². The Bertz CT molecular complexity index is 453. The maximum Gasteiger partial charge on any atom is 0.141 e. The minimum Gasteiger partial charge on any atom is -0.299 e. The number of carbonyl (C=O) groups excluding carboxylic acids is 1. The van der Waals surface area contributed by atoms with Crippen molar-refractivity contribution in [2.24, 2.45) is 17.8 Å². The van der Waals surface area contributed by atoms with Gasteiger partial charge in [0.1, 0.15) is 5.78 Å². The standard InChI is InChI=1S/C15H22N2O/c1-3-13-8-14(17(4-2)16-13)9-15(18)12-6-10-5-11(10)7-12/h8,10-12H,3-7,9H2,1-2H3. The van der Waals surface area contributed by atoms with Gasteiger partial charge in [-0.3, -0.25) is 9.48 Å². The van der Waals surface area contributed by atoms with Crippen molar-refractivity contribution in [2.45, 2.75) is 52.5 Å². The van der Waals surface area contributed by atoms with E-state index in [0.717, 1.165) is 49.0 Å². The minimum absolute atomic E-state index is 0.346. The largest absolute Gasteiger partial charge is 0.299 e. The van der Waals surface area contributed by atoms with E-state index >= 15 is 0 Å². The first-order chi connectivity index (χ1) is 8.71. The number of ketones is 1. The number of carbonyl (C=O) groups is 1. The molecule has 0 amide bonds. The van der Waals surface area contributed by atoms with Gasteiger partial charge in [-0.25, -0.2) is 0 Å². The average molecular weight is 246 g/mol. The Labute approximate surface area is 109 Å². The van der Waals surface area contributed by atoms with E-state index in [1.807, 2.05) is 4.68 Å². The van der Waals surface area contributed by atoms with Crippen LogP contribution in [0.2, 0.25) is 0 Å². The highest BCUT2D eigenvalue weighted by atomic mass is 16.1. The maximum absolute atomic E-state index is 12.3. The number of Topliss-reactive ketones (excluding diaryl/α,β-unsaturated/α-hetero) is 1. The molecule has 2 aliphatic carbocycles. The maximum atomic E-state index is 12.3. The van der Waals surface area contributed by atoms with Crippen molar-refractivity contribution in [3.05, 3.63) is 17.5 Å². The predicted molar refractivity (Wildman–Crippen MR) is 70.3 cm³/mol. The Balaban J connectivity index is 1.67. The predicted octanol–water partition coefficient (Wildman–Crippen LogP) is 2.62. The molecule has 0 N–H and O–H groups in total. The molecule has 0 aliphatic heterocycles. The van der Waals surface area contributed by atoms with E-state index in [9.17, 15) is 4.79 Å². The van der Waals surface area contributed by atoms with Crippen molar-refractivity contribution in [1.29, 1.82) is 0 Å². The summed E-state index contributed by atoms with van der Waals surface area (Å²) < 4.78 is 1.99. The normalized spacial score (nSPS) is 29.3. The van der Waals surface area contributed by atoms with Crippen molar-refractivity contribution in [3.8, 4) is 0 Å². The molecule has 2 saturated carbocycles. The minimum atomic E-state index is 0.346. The molecular weight excluding hydrogens is 224 g/mol. The third-order valence-electron chi connectivity index (χ3n) is 4.63. The highest BCUT2D eigenvalue weighted by Crippen LogP contribution is 2.54. The number of nitrogens with zero attached hydrogens (tertiary/aromatic N) is 2. The molecule has 0 bridgehead atoms. The fraction of sp³-hybridized carbons (Fsp3) is 0.733. The third-order valence-corrected chi connectivity index (χ3v) is 4.63. The first-order valence-corrected chi connectivity index (χ1v) is 7.29. The van der Waals surface area contributed by atoms with Crippen LogP contribution in [0.4, 0.5) is 0 Å². The molecule has 0 spiro atoms. The molecule has 3 nitrogen and oxygen atoms in total. The topological polar surface area (TPSA) is 34.9 Å². The Kier molecular flexibility index (Phi) is 3.00. The quantitative estimate of drug-likeness (QED) is 0.800. The fourth-order valence-corrected chi connectivity index (χ4v) is 3.40. The summed E-state index contributed by atoms with van der Waals surface area (Å²) in [5, 5.41) is 4.52. The lowest BCUT2D eigenvalue weighted by atomic mass is 9.95. The molecule has 0 saturated heterocycles. The zero-order valence-electron chi connectivity index (χ0n) is 11.4. The molecule has 1 heterocycles. The van der Waals surface area contributed by atoms with Crippen LogP contribution in [0.3, 0.4) is 0 Å². The lowest BCUT2D eigenvalue weighted by Crippen LogP contribution is -2.17. The molecule has 3 heteroatoms. The molecule has 3 rings (SSSR count). The van der Waals surface area contributed by atoms with Crippen LogP contribution in [0.5, 0.6) is 0 Å². The van der Waals surface area contributed by atoms with E-state index in [0.29, 0.717) is 18.1 Å². The summed E-state index contributed by atoms with van der Waals surface area (Å²) in [6.07, 6.45) is 5.23. The fourth-order valence-electron chi connectivity index (χ4n) is 3.40. The Morgan fingerprint density at radius 1 is 1.33 bits per heavy atom. The zero-order chi connectivity index (χ0) is 12.7. The van der Waals surface area contributed by atoms with Gasteiger partial charge in [0.05, 0.1) is 5.69 Å². The van der Waals surface area contributed by atoms with E-state index in [1.165, 1.54) is 6.42 Å². The monoisotopic (exact) mass is 246 g/mol. The lowest BCUT2D eigenvalue weighted by molar-refractivity contribution is -0.122. The molecule has 2 fully saturated rings. The number of hydrogen-bond donors (Lipinski definition) is 0. The van der Waals surface area contributed by atoms with E-state index in [4.69, 9.17) is 0 Å². The third kappa shape index (κ3) is 2.11. The van der Waals surface area contributed by atoms with Crippen LogP contribution in [0.25, 0.3) is 0 Å². The summed E-state index contributed by atoms with van der Waals surface area (Å²) in [5.41, 5.74) is 2.22. The Hall–Kier alpha value is -1.12. The van der Waals surface area contributed by atoms with Gasteiger partial charge in [0, 0.05) is 24.6 Å². The summed E-state index contributed by atoms with van der Waals surface area (Å²) in [6, 6.07) is 2.11. The molecule has 2 atom stereocenters. The van der Waals surface area contributed by atoms with Gasteiger partial charge >= 0.3 is 0 Å². The van der Waals surface area contributed by atoms with Crippen molar-refractivity contribution >= 4 is 5.78 Å². The van der Waals surface area contributed by atoms with Crippen molar-refractivity contribution in [1.82, 2.24) is 9.78 Å². The summed E-state index contributed by atoms with van der Waals surface area (Å²) in [7, 11) is 0. The lowest BCUT2D eigenvalue weighted by Gasteiger charge is -2.10. The molecule has 1 aromatic heterocycles. The first kappa shape index (κ1) is 11.9. The van der Waals surface area contributed by atoms with Crippen LogP contribution in [-0.2, 0) is 24.2 Å². The highest BCUT2D eigenvalue weighted by Gasteiger charge is 2.47. The van der Waals surface area contributed by atoms with Crippen LogP contribution >= 0.6 is 0 Å². The van der Waals surface area contributed by atoms with Gasteiger partial charge in [-0.1, -0.05) is 6.92 Å². The number of hydrogen-bond acceptors (Lipinski definition) is 2. The summed E-state index contributed by atoms with van der Waals surface area (Å²) in [6.45, 7) is 5.06. The second-order valence-electron chi connectivity index (χ2n) is 5.86. The first-order valence-electron chi connectivity index (χ1n) is 7.29. The molecule has 2 unspecified atom stereocenters. The Morgan fingerprint density at radius 3 is 2.67 bits per heavy atom. The van der Waals surface area contributed by atoms with Gasteiger partial charge in [0.15, 0.2) is 0 Å². The summed E-state index contributed by atoms with van der Waals surface area (Å²) >= 11 is 0. The van der Waals surface area contributed by atoms with E-state index in [2.05, 4.69) is 25.0 Å². The number of fused-ring (bicyclic) bond motifs is 1. The molecule has 98 valence electrons. The number of aryl methyl sites for hydroxylation is 2. The van der Waals surface area contributed by atoms with Crippen molar-refractivity contribution in [3.63, 3.8) is 0 Å². The van der Waals surface area contributed by atoms with E-state index in [1.54, 1.807) is 0 Å². The van der Waals surface area contributed by atoms with Crippen LogP contribution in [0.1, 0.15) is 44.5 Å². The second kappa shape index (κ2) is 4.52. The summed E-state index contributed by atoms with van der Waals surface area (Å²) in [5.74, 6) is 2.57. The van der Waals surface area contributed by atoms with Gasteiger partial charge < -0.3 is 0 Å². The van der Waals surface area contributed by atoms with Crippen LogP contribution in [0, 0.1) is 17.8 Å². The highest BCUT2D eigenvalue weighted by molar-refractivity contribution is 5.83. The second-order valence-corrected chi connectivity index (χ2v) is 5.86. The number of rotatable bonds is 5. The number of aromatic nitrogens is 2. The van der Waals surface area contributed by atoms with Gasteiger partial charge in [0.25, 0.3) is 0 Å². The van der Waals surface area contributed by atoms with Crippen molar-refractivity contribution < 1.29 is 4.79 Å². The molecule has 0 aromatic carbocycles.